The van der Waals surface area contributed by atoms with Crippen LogP contribution in [0.15, 0.2) is 24.0 Å². The van der Waals surface area contributed by atoms with Gasteiger partial charge in [0.2, 0.25) is 0 Å². The van der Waals surface area contributed by atoms with Crippen LogP contribution >= 0.6 is 0 Å². The highest BCUT2D eigenvalue weighted by Crippen LogP contribution is 2.45. The largest absolute Gasteiger partial charge is 0.236 e. The van der Waals surface area contributed by atoms with Crippen LogP contribution in [-0.2, 0) is 11.8 Å². The first kappa shape index (κ1) is 14.2. The fourth-order valence-corrected chi connectivity index (χ4v) is 3.46. The Bertz CT molecular complexity index is 751. The fraction of sp³-hybridized carbons (Fsp3) is 0.474. The second-order valence-electron chi connectivity index (χ2n) is 7.23. The Hall–Kier alpha value is -1.70. The summed E-state index contributed by atoms with van der Waals surface area (Å²) in [6, 6.07) is 4.62. The maximum absolute atomic E-state index is 4.56. The van der Waals surface area contributed by atoms with Gasteiger partial charge in [0.05, 0.1) is 11.2 Å². The van der Waals surface area contributed by atoms with Gasteiger partial charge in [0.25, 0.3) is 0 Å². The third kappa shape index (κ3) is 2.08. The highest BCUT2D eigenvalue weighted by atomic mass is 14.8. The summed E-state index contributed by atoms with van der Waals surface area (Å²) < 4.78 is 0. The molecule has 21 heavy (non-hydrogen) atoms. The molecule has 3 rings (SSSR count). The van der Waals surface area contributed by atoms with Crippen molar-refractivity contribution in [2.45, 2.75) is 53.4 Å². The Kier molecular flexibility index (Phi) is 3.16. The molecule has 1 heterocycles. The number of rotatable bonds is 2. The van der Waals surface area contributed by atoms with Crippen LogP contribution in [0.25, 0.3) is 16.5 Å². The second kappa shape index (κ2) is 4.66. The monoisotopic (exact) mass is 280 g/mol. The van der Waals surface area contributed by atoms with E-state index in [0.29, 0.717) is 5.92 Å². The third-order valence-corrected chi connectivity index (χ3v) is 4.97. The summed E-state index contributed by atoms with van der Waals surface area (Å²) in [5.74, 6) is 0.654. The number of nitrogens with zero attached hydrogens (tertiary/aromatic N) is 2. The molecule has 2 heteroatoms. The van der Waals surface area contributed by atoms with Gasteiger partial charge in [0.15, 0.2) is 0 Å². The van der Waals surface area contributed by atoms with Crippen LogP contribution < -0.4 is 0 Å². The summed E-state index contributed by atoms with van der Waals surface area (Å²) in [7, 11) is 0. The van der Waals surface area contributed by atoms with E-state index in [0.717, 1.165) is 17.6 Å². The Labute approximate surface area is 127 Å². The highest BCUT2D eigenvalue weighted by molar-refractivity contribution is 5.97. The quantitative estimate of drug-likeness (QED) is 0.781. The normalized spacial score (nSPS) is 16.9. The number of hydrogen-bond acceptors (Lipinski definition) is 2. The van der Waals surface area contributed by atoms with E-state index in [2.05, 4.69) is 63.6 Å². The van der Waals surface area contributed by atoms with Gasteiger partial charge in [-0.05, 0) is 49.0 Å². The molecular weight excluding hydrogens is 256 g/mol. The minimum Gasteiger partial charge on any atom is -0.236 e. The van der Waals surface area contributed by atoms with Crippen LogP contribution in [0.1, 0.15) is 58.4 Å². The average Bonchev–Trinajstić information content (AvgIpc) is 2.42. The molecule has 0 amide bonds. The van der Waals surface area contributed by atoms with Gasteiger partial charge in [-0.2, -0.15) is 0 Å². The van der Waals surface area contributed by atoms with Crippen molar-refractivity contribution in [1.29, 1.82) is 0 Å². The standard InChI is InChI=1S/C19H24N2/c1-11(2)7-14-8-15-17-16(9-14)20-10-21-18(17)12(3)13(4)19(15,5)6/h8-11H,7H2,1-6H3. The lowest BCUT2D eigenvalue weighted by Gasteiger charge is -2.34. The predicted molar refractivity (Wildman–Crippen MR) is 89.4 cm³/mol. The number of allylic oxidation sites excluding steroid dienone is 2. The Balaban J connectivity index is 2.37. The molecule has 0 fully saturated rings. The molecule has 0 radical (unpaired) electrons. The Morgan fingerprint density at radius 1 is 1.10 bits per heavy atom. The van der Waals surface area contributed by atoms with Crippen molar-refractivity contribution in [3.05, 3.63) is 40.9 Å². The molecule has 0 bridgehead atoms. The van der Waals surface area contributed by atoms with Crippen molar-refractivity contribution in [2.75, 3.05) is 0 Å². The summed E-state index contributed by atoms with van der Waals surface area (Å²) in [4.78, 5) is 9.10. The van der Waals surface area contributed by atoms with Crippen molar-refractivity contribution < 1.29 is 0 Å². The van der Waals surface area contributed by atoms with E-state index in [1.54, 1.807) is 6.33 Å². The molecule has 0 unspecified atom stereocenters. The van der Waals surface area contributed by atoms with E-state index in [-0.39, 0.29) is 5.41 Å². The molecule has 1 aliphatic rings. The molecule has 2 aromatic rings. The van der Waals surface area contributed by atoms with E-state index in [4.69, 9.17) is 0 Å². The van der Waals surface area contributed by atoms with Gasteiger partial charge in [-0.15, -0.1) is 0 Å². The van der Waals surface area contributed by atoms with Crippen LogP contribution in [0.3, 0.4) is 0 Å². The van der Waals surface area contributed by atoms with Crippen LogP contribution in [-0.4, -0.2) is 9.97 Å². The highest BCUT2D eigenvalue weighted by Gasteiger charge is 2.33. The zero-order valence-electron chi connectivity index (χ0n) is 13.9. The van der Waals surface area contributed by atoms with Crippen molar-refractivity contribution >= 4 is 16.5 Å². The van der Waals surface area contributed by atoms with Crippen LogP contribution in [0.5, 0.6) is 0 Å². The molecule has 0 saturated heterocycles. The van der Waals surface area contributed by atoms with Gasteiger partial charge in [-0.1, -0.05) is 39.3 Å². The fourth-order valence-electron chi connectivity index (χ4n) is 3.46. The summed E-state index contributed by atoms with van der Waals surface area (Å²) in [6.07, 6.45) is 2.80. The van der Waals surface area contributed by atoms with Crippen LogP contribution in [0.2, 0.25) is 0 Å². The Morgan fingerprint density at radius 2 is 1.81 bits per heavy atom. The topological polar surface area (TPSA) is 25.8 Å². The van der Waals surface area contributed by atoms with Crippen LogP contribution in [0.4, 0.5) is 0 Å². The lowest BCUT2D eigenvalue weighted by molar-refractivity contribution is 0.617. The van der Waals surface area contributed by atoms with Crippen molar-refractivity contribution in [1.82, 2.24) is 9.97 Å². The zero-order valence-corrected chi connectivity index (χ0v) is 13.9. The molecule has 0 spiro atoms. The van der Waals surface area contributed by atoms with E-state index in [1.165, 1.54) is 27.7 Å². The van der Waals surface area contributed by atoms with Gasteiger partial charge in [0.1, 0.15) is 6.33 Å². The van der Waals surface area contributed by atoms with Gasteiger partial charge >= 0.3 is 0 Å². The lowest BCUT2D eigenvalue weighted by atomic mass is 9.70. The first-order valence-electron chi connectivity index (χ1n) is 7.78. The molecule has 1 aromatic heterocycles. The van der Waals surface area contributed by atoms with Gasteiger partial charge in [-0.25, -0.2) is 9.97 Å². The number of hydrogen-bond donors (Lipinski definition) is 0. The summed E-state index contributed by atoms with van der Waals surface area (Å²) >= 11 is 0. The first-order valence-corrected chi connectivity index (χ1v) is 7.78. The summed E-state index contributed by atoms with van der Waals surface area (Å²) in [5, 5.41) is 1.25. The molecular formula is C19H24N2. The van der Waals surface area contributed by atoms with Gasteiger partial charge in [0, 0.05) is 10.8 Å². The predicted octanol–water partition coefficient (Wildman–Crippen LogP) is 4.91. The minimum atomic E-state index is 0.0486. The van der Waals surface area contributed by atoms with E-state index in [9.17, 15) is 0 Å². The molecule has 0 atom stereocenters. The molecule has 0 saturated carbocycles. The molecule has 0 aliphatic heterocycles. The molecule has 110 valence electrons. The third-order valence-electron chi connectivity index (χ3n) is 4.97. The Morgan fingerprint density at radius 3 is 2.48 bits per heavy atom. The SMILES string of the molecule is CC1=C(C)C(C)(C)c2cc(CC(C)C)cc3ncnc1c23. The van der Waals surface area contributed by atoms with Gasteiger partial charge < -0.3 is 0 Å². The second-order valence-corrected chi connectivity index (χ2v) is 7.23. The maximum atomic E-state index is 4.56. The molecule has 2 nitrogen and oxygen atoms in total. The first-order chi connectivity index (χ1) is 9.82. The van der Waals surface area contributed by atoms with Crippen LogP contribution in [0, 0.1) is 5.92 Å². The zero-order chi connectivity index (χ0) is 15.4. The van der Waals surface area contributed by atoms with Crippen molar-refractivity contribution in [2.24, 2.45) is 5.92 Å². The minimum absolute atomic E-state index is 0.0486. The number of benzene rings is 1. The van der Waals surface area contributed by atoms with Crippen molar-refractivity contribution in [3.8, 4) is 0 Å². The maximum Gasteiger partial charge on any atom is 0.116 e. The van der Waals surface area contributed by atoms with E-state index in [1.807, 2.05) is 0 Å². The summed E-state index contributed by atoms with van der Waals surface area (Å²) in [5.41, 5.74) is 7.74. The molecule has 1 aromatic carbocycles. The lowest BCUT2D eigenvalue weighted by Crippen LogP contribution is -2.24. The molecule has 0 N–H and O–H groups in total. The van der Waals surface area contributed by atoms with Crippen molar-refractivity contribution in [3.63, 3.8) is 0 Å². The summed E-state index contributed by atoms with van der Waals surface area (Å²) in [6.45, 7) is 13.6. The average molecular weight is 280 g/mol. The number of aromatic nitrogens is 2. The van der Waals surface area contributed by atoms with E-state index < -0.39 is 0 Å². The molecule has 1 aliphatic carbocycles. The van der Waals surface area contributed by atoms with Gasteiger partial charge in [-0.3, -0.25) is 0 Å². The van der Waals surface area contributed by atoms with E-state index >= 15 is 0 Å². The smallest absolute Gasteiger partial charge is 0.116 e.